The number of nitrogens with zero attached hydrogens (tertiary/aromatic N) is 1. The molecule has 0 aliphatic carbocycles. The van der Waals surface area contributed by atoms with Gasteiger partial charge in [-0.2, -0.15) is 0 Å². The first-order chi connectivity index (χ1) is 6.74. The molecule has 1 aromatic heterocycles. The lowest BCUT2D eigenvalue weighted by Gasteiger charge is -2.08. The Bertz CT molecular complexity index is 366. The summed E-state index contributed by atoms with van der Waals surface area (Å²) in [5.74, 6) is 0.700. The average Bonchev–Trinajstić information content (AvgIpc) is 2.54. The molecule has 0 bridgehead atoms. The van der Waals surface area contributed by atoms with Crippen molar-refractivity contribution in [2.24, 2.45) is 0 Å². The van der Waals surface area contributed by atoms with Gasteiger partial charge in [0.2, 0.25) is 0 Å². The van der Waals surface area contributed by atoms with Crippen molar-refractivity contribution in [3.63, 3.8) is 0 Å². The van der Waals surface area contributed by atoms with Gasteiger partial charge in [-0.3, -0.25) is 4.79 Å². The van der Waals surface area contributed by atoms with Gasteiger partial charge in [0.05, 0.1) is 0 Å². The normalized spacial score (nSPS) is 21.4. The Morgan fingerprint density at radius 3 is 3.14 bits per heavy atom. The Kier molecular flexibility index (Phi) is 2.63. The van der Waals surface area contributed by atoms with Crippen LogP contribution in [0.2, 0.25) is 0 Å². The van der Waals surface area contributed by atoms with E-state index in [1.807, 2.05) is 6.92 Å². The zero-order chi connectivity index (χ0) is 9.97. The summed E-state index contributed by atoms with van der Waals surface area (Å²) in [6.07, 6.45) is 3.28. The highest BCUT2D eigenvalue weighted by atomic mass is 16.1. The van der Waals surface area contributed by atoms with Crippen LogP contribution in [0.4, 0.5) is 0 Å². The lowest BCUT2D eigenvalue weighted by atomic mass is 10.1. The highest BCUT2D eigenvalue weighted by molar-refractivity contribution is 5.04. The molecule has 0 radical (unpaired) electrons. The molecule has 1 saturated heterocycles. The van der Waals surface area contributed by atoms with E-state index < -0.39 is 0 Å². The molecule has 4 heteroatoms. The molecule has 0 spiro atoms. The molecule has 1 atom stereocenters. The number of nitrogens with one attached hydrogen (secondary N) is 2. The van der Waals surface area contributed by atoms with Crippen molar-refractivity contribution >= 4 is 0 Å². The SMILES string of the molecule is Cc1nc(CC2CCCN2)cc(=O)[nH]1. The standard InChI is InChI=1S/C10H15N3O/c1-7-12-9(6-10(14)13-7)5-8-3-2-4-11-8/h6,8,11H,2-5H2,1H3,(H,12,13,14). The van der Waals surface area contributed by atoms with Crippen LogP contribution in [0.1, 0.15) is 24.4 Å². The van der Waals surface area contributed by atoms with Gasteiger partial charge < -0.3 is 10.3 Å². The van der Waals surface area contributed by atoms with E-state index >= 15 is 0 Å². The molecular weight excluding hydrogens is 178 g/mol. The van der Waals surface area contributed by atoms with E-state index in [1.54, 1.807) is 6.07 Å². The number of aromatic amines is 1. The quantitative estimate of drug-likeness (QED) is 0.713. The Balaban J connectivity index is 2.11. The second-order valence-corrected chi connectivity index (χ2v) is 3.82. The van der Waals surface area contributed by atoms with E-state index in [-0.39, 0.29) is 5.56 Å². The monoisotopic (exact) mass is 193 g/mol. The Morgan fingerprint density at radius 2 is 2.50 bits per heavy atom. The summed E-state index contributed by atoms with van der Waals surface area (Å²) in [5.41, 5.74) is 0.844. The minimum atomic E-state index is -0.0505. The first-order valence-electron chi connectivity index (χ1n) is 5.04. The number of hydrogen-bond donors (Lipinski definition) is 2. The first kappa shape index (κ1) is 9.40. The zero-order valence-electron chi connectivity index (χ0n) is 8.34. The summed E-state index contributed by atoms with van der Waals surface area (Å²) in [6.45, 7) is 2.90. The van der Waals surface area contributed by atoms with Gasteiger partial charge in [0.1, 0.15) is 5.82 Å². The van der Waals surface area contributed by atoms with Crippen molar-refractivity contribution in [2.75, 3.05) is 6.54 Å². The molecule has 1 aliphatic heterocycles. The summed E-state index contributed by atoms with van der Waals surface area (Å²) in [5, 5.41) is 3.39. The maximum Gasteiger partial charge on any atom is 0.251 e. The summed E-state index contributed by atoms with van der Waals surface area (Å²) in [6, 6.07) is 2.09. The number of H-pyrrole nitrogens is 1. The van der Waals surface area contributed by atoms with E-state index in [0.717, 1.165) is 18.7 Å². The molecule has 0 saturated carbocycles. The van der Waals surface area contributed by atoms with Crippen molar-refractivity contribution in [1.82, 2.24) is 15.3 Å². The van der Waals surface area contributed by atoms with Crippen LogP contribution in [-0.2, 0) is 6.42 Å². The molecule has 14 heavy (non-hydrogen) atoms. The third kappa shape index (κ3) is 2.20. The van der Waals surface area contributed by atoms with Gasteiger partial charge in [-0.15, -0.1) is 0 Å². The zero-order valence-corrected chi connectivity index (χ0v) is 8.34. The molecule has 76 valence electrons. The molecule has 1 fully saturated rings. The van der Waals surface area contributed by atoms with Gasteiger partial charge in [0, 0.05) is 24.2 Å². The minimum absolute atomic E-state index is 0.0505. The van der Waals surface area contributed by atoms with Gasteiger partial charge >= 0.3 is 0 Å². The van der Waals surface area contributed by atoms with E-state index in [2.05, 4.69) is 15.3 Å². The molecule has 0 aromatic carbocycles. The fourth-order valence-electron chi connectivity index (χ4n) is 1.93. The van der Waals surface area contributed by atoms with Crippen molar-refractivity contribution < 1.29 is 0 Å². The molecule has 1 unspecified atom stereocenters. The van der Waals surface area contributed by atoms with Gasteiger partial charge in [0.25, 0.3) is 5.56 Å². The smallest absolute Gasteiger partial charge is 0.251 e. The first-order valence-corrected chi connectivity index (χ1v) is 5.04. The van der Waals surface area contributed by atoms with Gasteiger partial charge in [-0.1, -0.05) is 0 Å². The fourth-order valence-corrected chi connectivity index (χ4v) is 1.93. The fraction of sp³-hybridized carbons (Fsp3) is 0.600. The maximum atomic E-state index is 11.2. The number of hydrogen-bond acceptors (Lipinski definition) is 3. The average molecular weight is 193 g/mol. The third-order valence-electron chi connectivity index (χ3n) is 2.53. The van der Waals surface area contributed by atoms with Crippen LogP contribution in [0.5, 0.6) is 0 Å². The Morgan fingerprint density at radius 1 is 1.64 bits per heavy atom. The molecule has 1 aliphatic rings. The molecular formula is C10H15N3O. The van der Waals surface area contributed by atoms with Crippen LogP contribution in [0.3, 0.4) is 0 Å². The van der Waals surface area contributed by atoms with E-state index in [1.165, 1.54) is 12.8 Å². The van der Waals surface area contributed by atoms with Crippen molar-refractivity contribution in [1.29, 1.82) is 0 Å². The predicted octanol–water partition coefficient (Wildman–Crippen LogP) is 0.373. The third-order valence-corrected chi connectivity index (χ3v) is 2.53. The van der Waals surface area contributed by atoms with Crippen molar-refractivity contribution in [2.45, 2.75) is 32.2 Å². The maximum absolute atomic E-state index is 11.2. The van der Waals surface area contributed by atoms with E-state index in [4.69, 9.17) is 0 Å². The number of rotatable bonds is 2. The van der Waals surface area contributed by atoms with Crippen LogP contribution >= 0.6 is 0 Å². The van der Waals surface area contributed by atoms with Gasteiger partial charge in [-0.25, -0.2) is 4.98 Å². The Labute approximate surface area is 82.8 Å². The molecule has 1 aromatic rings. The highest BCUT2D eigenvalue weighted by Gasteiger charge is 2.15. The van der Waals surface area contributed by atoms with E-state index in [9.17, 15) is 4.79 Å². The van der Waals surface area contributed by atoms with Crippen molar-refractivity contribution in [3.05, 3.63) is 27.9 Å². The predicted molar refractivity (Wildman–Crippen MR) is 54.3 cm³/mol. The van der Waals surface area contributed by atoms with Crippen LogP contribution in [0.15, 0.2) is 10.9 Å². The van der Waals surface area contributed by atoms with Crippen LogP contribution in [0.25, 0.3) is 0 Å². The molecule has 2 heterocycles. The van der Waals surface area contributed by atoms with Gasteiger partial charge in [0.15, 0.2) is 0 Å². The minimum Gasteiger partial charge on any atom is -0.314 e. The van der Waals surface area contributed by atoms with Crippen molar-refractivity contribution in [3.8, 4) is 0 Å². The molecule has 4 nitrogen and oxygen atoms in total. The van der Waals surface area contributed by atoms with Crippen LogP contribution in [0, 0.1) is 6.92 Å². The highest BCUT2D eigenvalue weighted by Crippen LogP contribution is 2.09. The topological polar surface area (TPSA) is 57.8 Å². The molecule has 2 rings (SSSR count). The summed E-state index contributed by atoms with van der Waals surface area (Å²) >= 11 is 0. The second-order valence-electron chi connectivity index (χ2n) is 3.82. The second kappa shape index (κ2) is 3.92. The summed E-state index contributed by atoms with van der Waals surface area (Å²) < 4.78 is 0. The van der Waals surface area contributed by atoms with Gasteiger partial charge in [-0.05, 0) is 26.3 Å². The summed E-state index contributed by atoms with van der Waals surface area (Å²) in [7, 11) is 0. The van der Waals surface area contributed by atoms with Crippen LogP contribution in [-0.4, -0.2) is 22.6 Å². The van der Waals surface area contributed by atoms with Crippen LogP contribution < -0.4 is 10.9 Å². The molecule has 0 amide bonds. The lowest BCUT2D eigenvalue weighted by Crippen LogP contribution is -2.25. The summed E-state index contributed by atoms with van der Waals surface area (Å²) in [4.78, 5) is 18.1. The largest absolute Gasteiger partial charge is 0.314 e. The molecule has 2 N–H and O–H groups in total. The number of aromatic nitrogens is 2. The number of aryl methyl sites for hydroxylation is 1. The Hall–Kier alpha value is -1.16. The lowest BCUT2D eigenvalue weighted by molar-refractivity contribution is 0.592. The van der Waals surface area contributed by atoms with E-state index in [0.29, 0.717) is 11.9 Å².